The maximum Gasteiger partial charge on any atom is 0.337 e. The van der Waals surface area contributed by atoms with Crippen LogP contribution in [0.3, 0.4) is 0 Å². The number of aliphatic hydroxyl groups excluding tert-OH is 1. The third kappa shape index (κ3) is 3.42. The largest absolute Gasteiger partial charge is 0.465 e. The van der Waals surface area contributed by atoms with Crippen LogP contribution in [0.2, 0.25) is 5.02 Å². The summed E-state index contributed by atoms with van der Waals surface area (Å²) in [6, 6.07) is 12.2. The molecule has 0 bridgehead atoms. The van der Waals surface area contributed by atoms with E-state index in [1.54, 1.807) is 18.2 Å². The molecule has 0 fully saturated rings. The van der Waals surface area contributed by atoms with Gasteiger partial charge >= 0.3 is 5.97 Å². The minimum Gasteiger partial charge on any atom is -0.465 e. The van der Waals surface area contributed by atoms with Crippen LogP contribution in [-0.4, -0.2) is 25.3 Å². The van der Waals surface area contributed by atoms with E-state index in [9.17, 15) is 9.90 Å². The van der Waals surface area contributed by atoms with Gasteiger partial charge < -0.3 is 14.6 Å². The molecule has 0 spiro atoms. The Kier molecular flexibility index (Phi) is 4.96. The number of hydrogen-bond acceptors (Lipinski definition) is 4. The van der Waals surface area contributed by atoms with Crippen LogP contribution >= 0.6 is 11.6 Å². The van der Waals surface area contributed by atoms with Gasteiger partial charge in [0.2, 0.25) is 0 Å². The highest BCUT2D eigenvalue weighted by Gasteiger charge is 2.15. The first-order chi connectivity index (χ1) is 10.1. The van der Waals surface area contributed by atoms with Crippen molar-refractivity contribution >= 4 is 17.6 Å². The molecule has 2 aromatic carbocycles. The monoisotopic (exact) mass is 306 g/mol. The molecule has 1 N–H and O–H groups in total. The molecule has 0 aliphatic heterocycles. The summed E-state index contributed by atoms with van der Waals surface area (Å²) in [6.07, 6.45) is -1.13. The maximum absolute atomic E-state index is 11.8. The third-order valence-corrected chi connectivity index (χ3v) is 3.40. The van der Waals surface area contributed by atoms with Crippen molar-refractivity contribution in [1.82, 2.24) is 0 Å². The predicted octanol–water partition coefficient (Wildman–Crippen LogP) is 3.43. The number of rotatable bonds is 4. The van der Waals surface area contributed by atoms with Gasteiger partial charge in [-0.1, -0.05) is 29.8 Å². The van der Waals surface area contributed by atoms with Gasteiger partial charge in [-0.25, -0.2) is 4.79 Å². The van der Waals surface area contributed by atoms with E-state index < -0.39 is 12.3 Å². The minimum absolute atomic E-state index is 0.320. The zero-order chi connectivity index (χ0) is 15.4. The predicted molar refractivity (Wildman–Crippen MR) is 80.2 cm³/mol. The molecule has 0 amide bonds. The van der Waals surface area contributed by atoms with Gasteiger partial charge in [0.25, 0.3) is 0 Å². The number of carbonyl (C=O) groups is 1. The lowest BCUT2D eigenvalue weighted by Crippen LogP contribution is -2.06. The number of aliphatic hydroxyl groups is 1. The van der Waals surface area contributed by atoms with Crippen molar-refractivity contribution < 1.29 is 19.4 Å². The van der Waals surface area contributed by atoms with Gasteiger partial charge in [0.15, 0.2) is 6.29 Å². The van der Waals surface area contributed by atoms with Gasteiger partial charge in [-0.2, -0.15) is 0 Å². The highest BCUT2D eigenvalue weighted by Crippen LogP contribution is 2.31. The second kappa shape index (κ2) is 6.72. The standard InChI is InChI=1S/C16H15ClO4/c1-20-15(18)11-7-10(8-12(9-11)16(19)21-2)13-5-3-4-6-14(13)17/h3-9,15,18H,1-2H3. The van der Waals surface area contributed by atoms with Gasteiger partial charge in [0, 0.05) is 23.3 Å². The Morgan fingerprint density at radius 2 is 1.90 bits per heavy atom. The van der Waals surface area contributed by atoms with Crippen LogP contribution in [0, 0.1) is 0 Å². The lowest BCUT2D eigenvalue weighted by atomic mass is 9.99. The van der Waals surface area contributed by atoms with Crippen LogP contribution in [0.1, 0.15) is 22.2 Å². The molecule has 0 aliphatic rings. The van der Waals surface area contributed by atoms with E-state index in [4.69, 9.17) is 21.1 Å². The van der Waals surface area contributed by atoms with E-state index in [-0.39, 0.29) is 0 Å². The Balaban J connectivity index is 2.60. The second-order valence-corrected chi connectivity index (χ2v) is 4.81. The van der Waals surface area contributed by atoms with Crippen molar-refractivity contribution in [2.24, 2.45) is 0 Å². The molecule has 0 heterocycles. The van der Waals surface area contributed by atoms with E-state index in [0.717, 1.165) is 5.56 Å². The number of hydrogen-bond donors (Lipinski definition) is 1. The molecule has 1 unspecified atom stereocenters. The van der Waals surface area contributed by atoms with E-state index in [1.807, 2.05) is 18.2 Å². The summed E-state index contributed by atoms with van der Waals surface area (Å²) in [5.74, 6) is -0.492. The summed E-state index contributed by atoms with van der Waals surface area (Å²) in [5, 5.41) is 10.4. The fourth-order valence-corrected chi connectivity index (χ4v) is 2.26. The first kappa shape index (κ1) is 15.5. The summed E-state index contributed by atoms with van der Waals surface area (Å²) in [7, 11) is 2.68. The molecule has 0 saturated carbocycles. The second-order valence-electron chi connectivity index (χ2n) is 4.40. The number of esters is 1. The molecule has 21 heavy (non-hydrogen) atoms. The average Bonchev–Trinajstić information content (AvgIpc) is 2.53. The fourth-order valence-electron chi connectivity index (χ4n) is 2.02. The van der Waals surface area contributed by atoms with Crippen LogP contribution in [-0.2, 0) is 9.47 Å². The smallest absolute Gasteiger partial charge is 0.337 e. The molecule has 0 aromatic heterocycles. The van der Waals surface area contributed by atoms with Crippen molar-refractivity contribution in [3.05, 3.63) is 58.6 Å². The first-order valence-corrected chi connectivity index (χ1v) is 6.63. The lowest BCUT2D eigenvalue weighted by molar-refractivity contribution is -0.0769. The molecule has 110 valence electrons. The number of halogens is 1. The normalized spacial score (nSPS) is 12.0. The van der Waals surface area contributed by atoms with Gasteiger partial charge in [0.1, 0.15) is 0 Å². The van der Waals surface area contributed by atoms with Crippen molar-refractivity contribution in [2.45, 2.75) is 6.29 Å². The fraction of sp³-hybridized carbons (Fsp3) is 0.188. The van der Waals surface area contributed by atoms with E-state index in [2.05, 4.69) is 0 Å². The highest BCUT2D eigenvalue weighted by atomic mass is 35.5. The molecule has 5 heteroatoms. The highest BCUT2D eigenvalue weighted by molar-refractivity contribution is 6.33. The van der Waals surface area contributed by atoms with Gasteiger partial charge in [-0.3, -0.25) is 0 Å². The van der Waals surface area contributed by atoms with E-state index in [0.29, 0.717) is 21.7 Å². The van der Waals surface area contributed by atoms with Crippen LogP contribution in [0.25, 0.3) is 11.1 Å². The summed E-state index contributed by atoms with van der Waals surface area (Å²) in [4.78, 5) is 11.8. The Labute approximate surface area is 127 Å². The molecule has 2 rings (SSSR count). The van der Waals surface area contributed by atoms with Crippen LogP contribution < -0.4 is 0 Å². The van der Waals surface area contributed by atoms with Crippen molar-refractivity contribution in [3.63, 3.8) is 0 Å². The van der Waals surface area contributed by atoms with Gasteiger partial charge in [0.05, 0.1) is 12.7 Å². The Bertz CT molecular complexity index is 654. The van der Waals surface area contributed by atoms with E-state index in [1.165, 1.54) is 20.3 Å². The van der Waals surface area contributed by atoms with E-state index >= 15 is 0 Å². The minimum atomic E-state index is -1.13. The average molecular weight is 307 g/mol. The molecule has 0 radical (unpaired) electrons. The van der Waals surface area contributed by atoms with Crippen molar-refractivity contribution in [3.8, 4) is 11.1 Å². The quantitative estimate of drug-likeness (QED) is 0.694. The molecular weight excluding hydrogens is 292 g/mol. The summed E-state index contributed by atoms with van der Waals surface area (Å²) in [6.45, 7) is 0. The number of ether oxygens (including phenoxy) is 2. The lowest BCUT2D eigenvalue weighted by Gasteiger charge is -2.13. The van der Waals surface area contributed by atoms with Crippen molar-refractivity contribution in [1.29, 1.82) is 0 Å². The van der Waals surface area contributed by atoms with Gasteiger partial charge in [-0.05, 0) is 29.8 Å². The number of benzene rings is 2. The molecule has 4 nitrogen and oxygen atoms in total. The molecule has 0 aliphatic carbocycles. The molecular formula is C16H15ClO4. The zero-order valence-corrected chi connectivity index (χ0v) is 12.4. The molecule has 1 atom stereocenters. The Morgan fingerprint density at radius 1 is 1.19 bits per heavy atom. The van der Waals surface area contributed by atoms with Crippen LogP contribution in [0.15, 0.2) is 42.5 Å². The zero-order valence-electron chi connectivity index (χ0n) is 11.7. The summed E-state index contributed by atoms with van der Waals surface area (Å²) >= 11 is 6.18. The Hall–Kier alpha value is -1.88. The first-order valence-electron chi connectivity index (χ1n) is 6.26. The maximum atomic E-state index is 11.8. The number of carbonyl (C=O) groups excluding carboxylic acids is 1. The third-order valence-electron chi connectivity index (χ3n) is 3.07. The summed E-state index contributed by atoms with van der Waals surface area (Å²) < 4.78 is 9.63. The SMILES string of the molecule is COC(=O)c1cc(-c2ccccc2Cl)cc(C(O)OC)c1. The number of methoxy groups -OCH3 is 2. The van der Waals surface area contributed by atoms with Crippen LogP contribution in [0.5, 0.6) is 0 Å². The molecule has 0 saturated heterocycles. The molecule has 2 aromatic rings. The summed E-state index contributed by atoms with van der Waals surface area (Å²) in [5.41, 5.74) is 2.24. The topological polar surface area (TPSA) is 55.8 Å². The van der Waals surface area contributed by atoms with Crippen molar-refractivity contribution in [2.75, 3.05) is 14.2 Å². The Morgan fingerprint density at radius 3 is 2.52 bits per heavy atom. The van der Waals surface area contributed by atoms with Gasteiger partial charge in [-0.15, -0.1) is 0 Å². The van der Waals surface area contributed by atoms with Crippen LogP contribution in [0.4, 0.5) is 0 Å².